The van der Waals surface area contributed by atoms with Crippen LogP contribution in [-0.2, 0) is 18.5 Å². The topological polar surface area (TPSA) is 115 Å². The van der Waals surface area contributed by atoms with Gasteiger partial charge in [0.2, 0.25) is 5.82 Å². The summed E-state index contributed by atoms with van der Waals surface area (Å²) in [5.74, 6) is -0.380. The number of carbonyl (C=O) groups is 2. The van der Waals surface area contributed by atoms with E-state index in [1.54, 1.807) is 49.6 Å². The third kappa shape index (κ3) is 3.63. The Labute approximate surface area is 188 Å². The number of aromatic nitrogens is 5. The Bertz CT molecular complexity index is 1350. The van der Waals surface area contributed by atoms with E-state index in [2.05, 4.69) is 25.7 Å². The summed E-state index contributed by atoms with van der Waals surface area (Å²) in [7, 11) is 1.70. The molecule has 10 nitrogen and oxygen atoms in total. The molecule has 2 amide bonds. The fraction of sp³-hybridized carbons (Fsp3) is 0.0870. The van der Waals surface area contributed by atoms with Gasteiger partial charge in [-0.15, -0.1) is 5.10 Å². The Morgan fingerprint density at radius 1 is 0.939 bits per heavy atom. The maximum absolute atomic E-state index is 12.9. The Morgan fingerprint density at radius 2 is 1.64 bits per heavy atom. The van der Waals surface area contributed by atoms with Gasteiger partial charge in [-0.1, -0.05) is 47.6 Å². The molecule has 1 aliphatic heterocycles. The number of nitrogens with zero attached hydrogens (tertiary/aromatic N) is 7. The first-order valence-electron chi connectivity index (χ1n) is 10.0. The molecule has 3 heterocycles. The predicted molar refractivity (Wildman–Crippen MR) is 117 cm³/mol. The Balaban J connectivity index is 1.45. The molecule has 2 aromatic heterocycles. The average Bonchev–Trinajstić information content (AvgIpc) is 3.38. The van der Waals surface area contributed by atoms with Gasteiger partial charge in [0.1, 0.15) is 5.69 Å². The SMILES string of the molecule is Cn1nnnc1/C(=N\OCc1ncccc1N1C(=O)c2ccccc2C1=O)c1ccccc1. The summed E-state index contributed by atoms with van der Waals surface area (Å²) in [4.78, 5) is 36.9. The molecule has 33 heavy (non-hydrogen) atoms. The highest BCUT2D eigenvalue weighted by Gasteiger charge is 2.37. The van der Waals surface area contributed by atoms with E-state index in [1.165, 1.54) is 4.68 Å². The zero-order valence-corrected chi connectivity index (χ0v) is 17.5. The van der Waals surface area contributed by atoms with Gasteiger partial charge in [-0.25, -0.2) is 9.58 Å². The Kier molecular flexibility index (Phi) is 5.15. The molecule has 0 spiro atoms. The predicted octanol–water partition coefficient (Wildman–Crippen LogP) is 2.37. The summed E-state index contributed by atoms with van der Waals surface area (Å²) in [6.07, 6.45) is 1.56. The van der Waals surface area contributed by atoms with Crippen LogP contribution in [0.15, 0.2) is 78.1 Å². The van der Waals surface area contributed by atoms with Crippen LogP contribution in [0.3, 0.4) is 0 Å². The highest BCUT2D eigenvalue weighted by atomic mass is 16.6. The summed E-state index contributed by atoms with van der Waals surface area (Å²) in [6.45, 7) is -0.0782. The normalized spacial score (nSPS) is 13.4. The van der Waals surface area contributed by atoms with Crippen LogP contribution in [-0.4, -0.2) is 42.7 Å². The van der Waals surface area contributed by atoms with Crippen LogP contribution in [0.1, 0.15) is 37.8 Å². The van der Waals surface area contributed by atoms with Crippen molar-refractivity contribution in [2.45, 2.75) is 6.61 Å². The number of hydrogen-bond acceptors (Lipinski definition) is 8. The van der Waals surface area contributed by atoms with Crippen molar-refractivity contribution >= 4 is 23.2 Å². The van der Waals surface area contributed by atoms with Gasteiger partial charge >= 0.3 is 0 Å². The first-order chi connectivity index (χ1) is 16.1. The number of carbonyl (C=O) groups excluding carboxylic acids is 2. The summed E-state index contributed by atoms with van der Waals surface area (Å²) >= 11 is 0. The van der Waals surface area contributed by atoms with E-state index in [-0.39, 0.29) is 6.61 Å². The number of fused-ring (bicyclic) bond motifs is 1. The first kappa shape index (κ1) is 20.2. The largest absolute Gasteiger partial charge is 0.389 e. The molecule has 0 radical (unpaired) electrons. The van der Waals surface area contributed by atoms with Crippen molar-refractivity contribution in [1.29, 1.82) is 0 Å². The molecule has 0 saturated heterocycles. The lowest BCUT2D eigenvalue weighted by Gasteiger charge is -2.16. The number of tetrazole rings is 1. The van der Waals surface area contributed by atoms with Crippen LogP contribution in [0.5, 0.6) is 0 Å². The molecule has 0 aliphatic carbocycles. The molecule has 0 bridgehead atoms. The third-order valence-electron chi connectivity index (χ3n) is 5.14. The minimum absolute atomic E-state index is 0.0782. The molecule has 0 atom stereocenters. The van der Waals surface area contributed by atoms with Crippen molar-refractivity contribution in [3.63, 3.8) is 0 Å². The molecule has 0 unspecified atom stereocenters. The monoisotopic (exact) mass is 439 g/mol. The maximum atomic E-state index is 12.9. The van der Waals surface area contributed by atoms with Gasteiger partial charge in [0.25, 0.3) is 11.8 Å². The smallest absolute Gasteiger partial charge is 0.266 e. The molecule has 1 aliphatic rings. The lowest BCUT2D eigenvalue weighted by Crippen LogP contribution is -2.30. The van der Waals surface area contributed by atoms with E-state index in [1.807, 2.05) is 30.3 Å². The van der Waals surface area contributed by atoms with Gasteiger partial charge in [-0.3, -0.25) is 14.6 Å². The van der Waals surface area contributed by atoms with Crippen LogP contribution in [0.25, 0.3) is 0 Å². The second kappa shape index (κ2) is 8.42. The van der Waals surface area contributed by atoms with Crippen LogP contribution in [0.2, 0.25) is 0 Å². The summed E-state index contributed by atoms with van der Waals surface area (Å²) in [5.41, 5.74) is 2.65. The van der Waals surface area contributed by atoms with Crippen molar-refractivity contribution in [3.05, 3.63) is 101 Å². The van der Waals surface area contributed by atoms with Crippen molar-refractivity contribution in [1.82, 2.24) is 25.2 Å². The van der Waals surface area contributed by atoms with Gasteiger partial charge in [0.15, 0.2) is 12.3 Å². The van der Waals surface area contributed by atoms with Gasteiger partial charge in [0, 0.05) is 18.8 Å². The second-order valence-corrected chi connectivity index (χ2v) is 7.17. The molecule has 2 aromatic carbocycles. The summed E-state index contributed by atoms with van der Waals surface area (Å²) in [6, 6.07) is 19.4. The number of hydrogen-bond donors (Lipinski definition) is 0. The number of aryl methyl sites for hydroxylation is 1. The van der Waals surface area contributed by atoms with Crippen molar-refractivity contribution < 1.29 is 14.4 Å². The molecule has 4 aromatic rings. The van der Waals surface area contributed by atoms with E-state index in [0.717, 1.165) is 10.5 Å². The molecular formula is C23H17N7O3. The average molecular weight is 439 g/mol. The number of amides is 2. The zero-order valence-electron chi connectivity index (χ0n) is 17.5. The zero-order chi connectivity index (χ0) is 22.8. The molecule has 0 fully saturated rings. The van der Waals surface area contributed by atoms with Crippen molar-refractivity contribution in [2.75, 3.05) is 4.90 Å². The van der Waals surface area contributed by atoms with Gasteiger partial charge in [0.05, 0.1) is 16.8 Å². The van der Waals surface area contributed by atoms with Gasteiger partial charge in [-0.2, -0.15) is 0 Å². The molecule has 0 N–H and O–H groups in total. The molecule has 5 rings (SSSR count). The molecule has 0 saturated carbocycles. The number of oxime groups is 1. The summed E-state index contributed by atoms with van der Waals surface area (Å²) < 4.78 is 1.49. The lowest BCUT2D eigenvalue weighted by molar-refractivity contribution is 0.0923. The number of anilines is 1. The van der Waals surface area contributed by atoms with Crippen LogP contribution in [0.4, 0.5) is 5.69 Å². The molecule has 10 heteroatoms. The van der Waals surface area contributed by atoms with E-state index in [4.69, 9.17) is 4.84 Å². The highest BCUT2D eigenvalue weighted by Crippen LogP contribution is 2.30. The summed E-state index contributed by atoms with van der Waals surface area (Å²) in [5, 5.41) is 15.8. The van der Waals surface area contributed by atoms with Gasteiger partial charge in [-0.05, 0) is 34.7 Å². The van der Waals surface area contributed by atoms with Gasteiger partial charge < -0.3 is 4.84 Å². The fourth-order valence-electron chi connectivity index (χ4n) is 3.56. The minimum atomic E-state index is -0.400. The van der Waals surface area contributed by atoms with Crippen LogP contribution >= 0.6 is 0 Å². The quantitative estimate of drug-likeness (QED) is 0.257. The number of imide groups is 1. The van der Waals surface area contributed by atoms with E-state index in [9.17, 15) is 9.59 Å². The Morgan fingerprint density at radius 3 is 2.30 bits per heavy atom. The second-order valence-electron chi connectivity index (χ2n) is 7.17. The lowest BCUT2D eigenvalue weighted by atomic mass is 10.1. The Hall–Kier alpha value is -4.73. The standard InChI is InChI=1S/C23H17N7O3/c1-29-21(25-27-28-29)20(15-8-3-2-4-9-15)26-33-14-18-19(12-7-13-24-18)30-22(31)16-10-5-6-11-17(16)23(30)32/h2-13H,14H2,1H3/b26-20-. The molecule has 162 valence electrons. The third-order valence-corrected chi connectivity index (χ3v) is 5.14. The maximum Gasteiger partial charge on any atom is 0.266 e. The van der Waals surface area contributed by atoms with Crippen molar-refractivity contribution in [2.24, 2.45) is 12.2 Å². The van der Waals surface area contributed by atoms with Crippen molar-refractivity contribution in [3.8, 4) is 0 Å². The van der Waals surface area contributed by atoms with Crippen LogP contribution in [0, 0.1) is 0 Å². The van der Waals surface area contributed by atoms with E-state index >= 15 is 0 Å². The molecular weight excluding hydrogens is 422 g/mol. The number of benzene rings is 2. The van der Waals surface area contributed by atoms with E-state index < -0.39 is 11.8 Å². The first-order valence-corrected chi connectivity index (χ1v) is 10.0. The minimum Gasteiger partial charge on any atom is -0.389 e. The van der Waals surface area contributed by atoms with Crippen LogP contribution < -0.4 is 4.90 Å². The van der Waals surface area contributed by atoms with E-state index in [0.29, 0.717) is 34.0 Å². The fourth-order valence-corrected chi connectivity index (χ4v) is 3.56. The number of pyridine rings is 1. The number of rotatable bonds is 6. The highest BCUT2D eigenvalue weighted by molar-refractivity contribution is 6.34.